The van der Waals surface area contributed by atoms with Crippen molar-refractivity contribution in [1.29, 1.82) is 0 Å². The lowest BCUT2D eigenvalue weighted by Crippen LogP contribution is -2.49. The summed E-state index contributed by atoms with van der Waals surface area (Å²) in [5.41, 5.74) is 0.963. The van der Waals surface area contributed by atoms with E-state index < -0.39 is 0 Å². The number of thiophene rings is 1. The van der Waals surface area contributed by atoms with E-state index >= 15 is 0 Å². The SMILES string of the molecule is O=C(CCc1nc(-c2ccsc2)no1)N1CCC(N2CCNCC2)C1. The number of carbonyl (C=O) groups excluding carboxylic acids is 1. The Morgan fingerprint density at radius 2 is 2.24 bits per heavy atom. The first-order valence-electron chi connectivity index (χ1n) is 8.87. The van der Waals surface area contributed by atoms with Gasteiger partial charge in [-0.1, -0.05) is 5.16 Å². The highest BCUT2D eigenvalue weighted by atomic mass is 32.1. The van der Waals surface area contributed by atoms with Gasteiger partial charge in [-0.25, -0.2) is 0 Å². The second-order valence-corrected chi connectivity index (χ2v) is 7.37. The lowest BCUT2D eigenvalue weighted by molar-refractivity contribution is -0.130. The maximum atomic E-state index is 12.5. The van der Waals surface area contributed by atoms with Gasteiger partial charge in [0.1, 0.15) is 0 Å². The van der Waals surface area contributed by atoms with Crippen LogP contribution in [-0.4, -0.2) is 71.2 Å². The Kier molecular flexibility index (Phi) is 5.09. The summed E-state index contributed by atoms with van der Waals surface area (Å²) in [5.74, 6) is 1.32. The molecule has 0 saturated carbocycles. The van der Waals surface area contributed by atoms with E-state index in [1.807, 2.05) is 21.7 Å². The summed E-state index contributed by atoms with van der Waals surface area (Å²) in [7, 11) is 0. The maximum Gasteiger partial charge on any atom is 0.227 e. The van der Waals surface area contributed by atoms with Gasteiger partial charge in [-0.15, -0.1) is 0 Å². The molecule has 2 aromatic rings. The van der Waals surface area contributed by atoms with Gasteiger partial charge in [-0.05, 0) is 17.9 Å². The van der Waals surface area contributed by atoms with Crippen LogP contribution in [-0.2, 0) is 11.2 Å². The Balaban J connectivity index is 1.26. The van der Waals surface area contributed by atoms with Gasteiger partial charge >= 0.3 is 0 Å². The fraction of sp³-hybridized carbons (Fsp3) is 0.588. The minimum Gasteiger partial charge on any atom is -0.341 e. The topological polar surface area (TPSA) is 74.5 Å². The summed E-state index contributed by atoms with van der Waals surface area (Å²) < 4.78 is 5.28. The highest BCUT2D eigenvalue weighted by molar-refractivity contribution is 7.08. The van der Waals surface area contributed by atoms with Gasteiger partial charge in [-0.3, -0.25) is 9.69 Å². The van der Waals surface area contributed by atoms with Gasteiger partial charge in [0.05, 0.1) is 0 Å². The Hall–Kier alpha value is -1.77. The van der Waals surface area contributed by atoms with Crippen LogP contribution in [0.3, 0.4) is 0 Å². The first kappa shape index (κ1) is 16.7. The van der Waals surface area contributed by atoms with Gasteiger partial charge < -0.3 is 14.7 Å². The lowest BCUT2D eigenvalue weighted by atomic mass is 10.2. The molecule has 2 aromatic heterocycles. The molecule has 1 atom stereocenters. The molecule has 0 aromatic carbocycles. The van der Waals surface area contributed by atoms with Crippen LogP contribution in [0, 0.1) is 0 Å². The number of rotatable bonds is 5. The van der Waals surface area contributed by atoms with E-state index in [4.69, 9.17) is 4.52 Å². The van der Waals surface area contributed by atoms with Gasteiger partial charge in [0.25, 0.3) is 0 Å². The van der Waals surface area contributed by atoms with Crippen molar-refractivity contribution < 1.29 is 9.32 Å². The second kappa shape index (κ2) is 7.63. The largest absolute Gasteiger partial charge is 0.341 e. The molecule has 1 amide bonds. The monoisotopic (exact) mass is 361 g/mol. The standard InChI is InChI=1S/C17H23N5O2S/c23-16(22-7-3-14(11-22)21-8-5-18-6-9-21)2-1-15-19-17(20-24-15)13-4-10-25-12-13/h4,10,12,14,18H,1-3,5-9,11H2. The molecule has 25 heavy (non-hydrogen) atoms. The molecule has 8 heteroatoms. The van der Waals surface area contributed by atoms with Crippen molar-refractivity contribution in [2.75, 3.05) is 39.3 Å². The van der Waals surface area contributed by atoms with Gasteiger partial charge in [0.15, 0.2) is 0 Å². The summed E-state index contributed by atoms with van der Waals surface area (Å²) in [6.45, 7) is 5.97. The normalized spacial score (nSPS) is 21.8. The number of piperazine rings is 1. The molecule has 1 unspecified atom stereocenters. The van der Waals surface area contributed by atoms with Crippen LogP contribution < -0.4 is 5.32 Å². The molecular formula is C17H23N5O2S. The third kappa shape index (κ3) is 3.91. The number of nitrogens with zero attached hydrogens (tertiary/aromatic N) is 4. The molecule has 7 nitrogen and oxygen atoms in total. The van der Waals surface area contributed by atoms with Crippen LogP contribution in [0.1, 0.15) is 18.7 Å². The molecule has 0 bridgehead atoms. The van der Waals surface area contributed by atoms with E-state index in [1.54, 1.807) is 11.3 Å². The van der Waals surface area contributed by atoms with E-state index in [-0.39, 0.29) is 5.91 Å². The molecule has 4 heterocycles. The molecule has 0 radical (unpaired) electrons. The van der Waals surface area contributed by atoms with Gasteiger partial charge in [0.2, 0.25) is 17.6 Å². The molecule has 1 N–H and O–H groups in total. The zero-order valence-electron chi connectivity index (χ0n) is 14.2. The molecule has 2 aliphatic rings. The summed E-state index contributed by atoms with van der Waals surface area (Å²) >= 11 is 1.60. The summed E-state index contributed by atoms with van der Waals surface area (Å²) in [6, 6.07) is 2.48. The zero-order valence-corrected chi connectivity index (χ0v) is 15.0. The van der Waals surface area contributed by atoms with Crippen molar-refractivity contribution in [1.82, 2.24) is 25.3 Å². The maximum absolute atomic E-state index is 12.5. The Morgan fingerprint density at radius 1 is 1.36 bits per heavy atom. The van der Waals surface area contributed by atoms with Crippen LogP contribution in [0.4, 0.5) is 0 Å². The van der Waals surface area contributed by atoms with Crippen molar-refractivity contribution in [2.24, 2.45) is 0 Å². The number of amides is 1. The zero-order chi connectivity index (χ0) is 17.1. The fourth-order valence-electron chi connectivity index (χ4n) is 3.55. The lowest BCUT2D eigenvalue weighted by Gasteiger charge is -2.32. The van der Waals surface area contributed by atoms with Crippen molar-refractivity contribution in [3.8, 4) is 11.4 Å². The van der Waals surface area contributed by atoms with E-state index in [0.29, 0.717) is 30.6 Å². The predicted molar refractivity (Wildman–Crippen MR) is 95.4 cm³/mol. The average Bonchev–Trinajstić information content (AvgIpc) is 3.41. The summed E-state index contributed by atoms with van der Waals surface area (Å²) in [5, 5.41) is 11.3. The van der Waals surface area contributed by atoms with E-state index in [9.17, 15) is 4.79 Å². The van der Waals surface area contributed by atoms with Crippen LogP contribution in [0.5, 0.6) is 0 Å². The van der Waals surface area contributed by atoms with Gasteiger partial charge in [-0.2, -0.15) is 16.3 Å². The molecule has 0 spiro atoms. The van der Waals surface area contributed by atoms with E-state index in [1.165, 1.54) is 0 Å². The van der Waals surface area contributed by atoms with Crippen molar-refractivity contribution in [3.05, 3.63) is 22.7 Å². The Bertz CT molecular complexity index is 696. The van der Waals surface area contributed by atoms with E-state index in [2.05, 4.69) is 20.4 Å². The van der Waals surface area contributed by atoms with E-state index in [0.717, 1.165) is 51.3 Å². The summed E-state index contributed by atoms with van der Waals surface area (Å²) in [4.78, 5) is 21.4. The first-order valence-corrected chi connectivity index (χ1v) is 9.81. The first-order chi connectivity index (χ1) is 12.3. The third-order valence-electron chi connectivity index (χ3n) is 4.98. The Labute approximate surface area is 151 Å². The van der Waals surface area contributed by atoms with Crippen LogP contribution in [0.2, 0.25) is 0 Å². The van der Waals surface area contributed by atoms with Crippen LogP contribution in [0.15, 0.2) is 21.3 Å². The van der Waals surface area contributed by atoms with Crippen LogP contribution in [0.25, 0.3) is 11.4 Å². The van der Waals surface area contributed by atoms with Crippen molar-refractivity contribution in [3.63, 3.8) is 0 Å². The number of carbonyl (C=O) groups is 1. The molecular weight excluding hydrogens is 338 g/mol. The number of aryl methyl sites for hydroxylation is 1. The second-order valence-electron chi connectivity index (χ2n) is 6.59. The van der Waals surface area contributed by atoms with Crippen molar-refractivity contribution in [2.45, 2.75) is 25.3 Å². The smallest absolute Gasteiger partial charge is 0.227 e. The number of likely N-dealkylation sites (tertiary alicyclic amines) is 1. The number of hydrogen-bond acceptors (Lipinski definition) is 7. The molecule has 0 aliphatic carbocycles. The third-order valence-corrected chi connectivity index (χ3v) is 5.67. The molecule has 2 saturated heterocycles. The number of nitrogens with one attached hydrogen (secondary N) is 1. The van der Waals surface area contributed by atoms with Crippen LogP contribution >= 0.6 is 11.3 Å². The molecule has 2 aliphatic heterocycles. The predicted octanol–water partition coefficient (Wildman–Crippen LogP) is 1.24. The average molecular weight is 361 g/mol. The fourth-order valence-corrected chi connectivity index (χ4v) is 4.19. The summed E-state index contributed by atoms with van der Waals surface area (Å²) in [6.07, 6.45) is 2.01. The number of aromatic nitrogens is 2. The number of hydrogen-bond donors (Lipinski definition) is 1. The highest BCUT2D eigenvalue weighted by Crippen LogP contribution is 2.20. The quantitative estimate of drug-likeness (QED) is 0.864. The minimum atomic E-state index is 0.188. The van der Waals surface area contributed by atoms with Gasteiger partial charge in [0, 0.05) is 69.1 Å². The molecule has 2 fully saturated rings. The molecule has 134 valence electrons. The Morgan fingerprint density at radius 3 is 3.04 bits per heavy atom. The molecule has 4 rings (SSSR count). The highest BCUT2D eigenvalue weighted by Gasteiger charge is 2.30. The minimum absolute atomic E-state index is 0.188. The van der Waals surface area contributed by atoms with Crippen molar-refractivity contribution >= 4 is 17.2 Å².